The van der Waals surface area contributed by atoms with Gasteiger partial charge in [-0.25, -0.2) is 0 Å². The molecule has 2 saturated carbocycles. The largest absolute Gasteiger partial charge is 0.469 e. The van der Waals surface area contributed by atoms with Crippen LogP contribution in [-0.4, -0.2) is 33.9 Å². The van der Waals surface area contributed by atoms with E-state index in [-0.39, 0.29) is 13.4 Å². The highest BCUT2D eigenvalue weighted by Gasteiger charge is 2.35. The fourth-order valence-corrected chi connectivity index (χ4v) is 8.06. The van der Waals surface area contributed by atoms with E-state index >= 15 is 0 Å². The van der Waals surface area contributed by atoms with E-state index in [9.17, 15) is 9.59 Å². The van der Waals surface area contributed by atoms with Gasteiger partial charge in [0.05, 0.1) is 18.5 Å². The minimum Gasteiger partial charge on any atom is -0.469 e. The van der Waals surface area contributed by atoms with Crippen molar-refractivity contribution < 1.29 is 14.3 Å². The highest BCUT2D eigenvalue weighted by Crippen LogP contribution is 2.44. The molecule has 1 aromatic heterocycles. The Labute approximate surface area is 301 Å². The number of nitrogens with zero attached hydrogens (tertiary/aromatic N) is 3. The number of esters is 1. The summed E-state index contributed by atoms with van der Waals surface area (Å²) < 4.78 is 6.58. The molecule has 2 unspecified atom stereocenters. The molecule has 2 aliphatic carbocycles. The number of aryl methyl sites for hydroxylation is 2. The molecule has 0 bridgehead atoms. The van der Waals surface area contributed by atoms with Gasteiger partial charge in [-0.2, -0.15) is 0 Å². The number of ketones is 1. The van der Waals surface area contributed by atoms with Crippen LogP contribution in [0.5, 0.6) is 0 Å². The van der Waals surface area contributed by atoms with Gasteiger partial charge in [0, 0.05) is 26.3 Å². The topological polar surface area (TPSA) is 74.1 Å². The van der Waals surface area contributed by atoms with E-state index in [1.807, 2.05) is 20.9 Å². The van der Waals surface area contributed by atoms with Gasteiger partial charge in [-0.3, -0.25) is 14.3 Å². The van der Waals surface area contributed by atoms with E-state index in [0.717, 1.165) is 60.7 Å². The number of hydrogen-bond donors (Lipinski definition) is 0. The van der Waals surface area contributed by atoms with Crippen LogP contribution in [0.25, 0.3) is 0 Å². The maximum Gasteiger partial charge on any atom is 0.305 e. The average molecular weight is 682 g/mol. The third-order valence-corrected chi connectivity index (χ3v) is 13.1. The molecule has 1 aromatic carbocycles. The molecule has 280 valence electrons. The summed E-state index contributed by atoms with van der Waals surface area (Å²) in [7, 11) is 3.34. The van der Waals surface area contributed by atoms with E-state index in [0.29, 0.717) is 42.8 Å². The third kappa shape index (κ3) is 12.6. The van der Waals surface area contributed by atoms with Crippen LogP contribution in [-0.2, 0) is 27.8 Å². The molecule has 1 heterocycles. The first-order valence-corrected chi connectivity index (χ1v) is 19.0. The first-order valence-electron chi connectivity index (χ1n) is 19.0. The van der Waals surface area contributed by atoms with E-state index in [2.05, 4.69) is 79.5 Å². The Kier molecular flexibility index (Phi) is 19.1. The molecule has 2 aliphatic rings. The fraction of sp³-hybridized carbons (Fsp3) is 0.767. The van der Waals surface area contributed by atoms with Crippen molar-refractivity contribution in [2.24, 2.45) is 48.5 Å². The lowest BCUT2D eigenvalue weighted by molar-refractivity contribution is -0.140. The van der Waals surface area contributed by atoms with Crippen molar-refractivity contribution in [3.05, 3.63) is 44.8 Å². The molecule has 0 amide bonds. The number of carbonyl (C=O) groups is 2. The highest BCUT2D eigenvalue weighted by molar-refractivity contribution is 5.78. The molecule has 6 nitrogen and oxygen atoms in total. The molecule has 0 radical (unpaired) electrons. The van der Waals surface area contributed by atoms with Gasteiger partial charge in [0.25, 0.3) is 0 Å². The first kappa shape index (κ1) is 44.5. The molecular formula is C43H75N3O3. The smallest absolute Gasteiger partial charge is 0.305 e. The molecule has 0 aliphatic heterocycles. The molecule has 2 aromatic rings. The van der Waals surface area contributed by atoms with Crippen molar-refractivity contribution in [3.8, 4) is 0 Å². The molecule has 6 heteroatoms. The summed E-state index contributed by atoms with van der Waals surface area (Å²) >= 11 is 0. The number of aromatic nitrogens is 3. The first-order chi connectivity index (χ1) is 22.5. The van der Waals surface area contributed by atoms with Gasteiger partial charge < -0.3 is 4.74 Å². The molecule has 7 atom stereocenters. The molecule has 4 rings (SSSR count). The third-order valence-electron chi connectivity index (χ3n) is 13.1. The molecule has 0 N–H and O–H groups in total. The summed E-state index contributed by atoms with van der Waals surface area (Å²) in [6, 6.07) is 0. The lowest BCUT2D eigenvalue weighted by Crippen LogP contribution is -2.21. The van der Waals surface area contributed by atoms with Crippen LogP contribution in [0, 0.1) is 89.9 Å². The molecule has 0 saturated heterocycles. The molecular weight excluding hydrogens is 606 g/mol. The minimum absolute atomic E-state index is 0. The van der Waals surface area contributed by atoms with Crippen molar-refractivity contribution in [3.63, 3.8) is 0 Å². The lowest BCUT2D eigenvalue weighted by atomic mass is 9.77. The van der Waals surface area contributed by atoms with Crippen LogP contribution < -0.4 is 0 Å². The fourth-order valence-electron chi connectivity index (χ4n) is 8.06. The Bertz CT molecular complexity index is 1270. The Morgan fingerprint density at radius 1 is 0.735 bits per heavy atom. The van der Waals surface area contributed by atoms with Gasteiger partial charge in [-0.05, 0) is 155 Å². The number of methoxy groups -OCH3 is 1. The number of rotatable bonds is 11. The van der Waals surface area contributed by atoms with Crippen LogP contribution in [0.15, 0.2) is 0 Å². The zero-order valence-electron chi connectivity index (χ0n) is 33.4. The van der Waals surface area contributed by atoms with Crippen molar-refractivity contribution in [1.29, 1.82) is 0 Å². The summed E-state index contributed by atoms with van der Waals surface area (Å²) in [5, 5.41) is 7.61. The Hall–Kier alpha value is -2.50. The van der Waals surface area contributed by atoms with Gasteiger partial charge in [-0.1, -0.05) is 66.5 Å². The van der Waals surface area contributed by atoms with Crippen LogP contribution in [0.3, 0.4) is 0 Å². The predicted molar refractivity (Wildman–Crippen MR) is 207 cm³/mol. The van der Waals surface area contributed by atoms with Gasteiger partial charge in [0.1, 0.15) is 5.78 Å². The number of carbonyl (C=O) groups excluding carboxylic acids is 2. The van der Waals surface area contributed by atoms with E-state index in [4.69, 9.17) is 4.74 Å². The monoisotopic (exact) mass is 682 g/mol. The van der Waals surface area contributed by atoms with Gasteiger partial charge in [-0.15, -0.1) is 5.10 Å². The van der Waals surface area contributed by atoms with Crippen LogP contribution in [0.2, 0.25) is 0 Å². The normalized spacial score (nSPS) is 23.5. The maximum atomic E-state index is 12.9. The van der Waals surface area contributed by atoms with Gasteiger partial charge in [0.2, 0.25) is 0 Å². The second-order valence-electron chi connectivity index (χ2n) is 15.8. The van der Waals surface area contributed by atoms with Crippen molar-refractivity contribution in [1.82, 2.24) is 15.0 Å². The molecule has 0 spiro atoms. The average Bonchev–Trinajstić information content (AvgIpc) is 3.67. The maximum absolute atomic E-state index is 12.9. The van der Waals surface area contributed by atoms with E-state index in [1.165, 1.54) is 66.2 Å². The van der Waals surface area contributed by atoms with Gasteiger partial charge >= 0.3 is 5.97 Å². The van der Waals surface area contributed by atoms with Crippen LogP contribution in [0.1, 0.15) is 151 Å². The predicted octanol–water partition coefficient (Wildman–Crippen LogP) is 10.9. The summed E-state index contributed by atoms with van der Waals surface area (Å²) in [6.45, 7) is 26.8. The standard InChI is InChI=1S/C29H46O3.C8H16.C5H9N3.CH4/c1-18-12-16-28(19(18)2)25(10-9-11-29(31)32-8)13-14-26(30)15-17-27-23(6)21(4)20(3)22(5)24(27)7;1-6-4-5-7(2)8(6)3;1-4-5(2)8(3)7-6-4;/h18-19,25,28H,9-17H2,1-8H3;6-8H,4-5H2,1-3H3;1-3H3;1H4/t18-,19-,25?,28+;6-,7+,8?;;/m1.../s1. The van der Waals surface area contributed by atoms with E-state index < -0.39 is 0 Å². The summed E-state index contributed by atoms with van der Waals surface area (Å²) in [4.78, 5) is 24.5. The minimum atomic E-state index is -0.123. The molecule has 49 heavy (non-hydrogen) atoms. The van der Waals surface area contributed by atoms with Gasteiger partial charge in [0.15, 0.2) is 0 Å². The highest BCUT2D eigenvalue weighted by atomic mass is 16.5. The number of hydrogen-bond acceptors (Lipinski definition) is 5. The summed E-state index contributed by atoms with van der Waals surface area (Å²) in [6.07, 6.45) is 11.0. The van der Waals surface area contributed by atoms with Crippen LogP contribution in [0.4, 0.5) is 0 Å². The SMILES string of the molecule is C.CC1[C@H](C)CC[C@@H]1C.COC(=O)CCCC(CCC(=O)CCc1c(C)c(C)c(C)c(C)c1C)[C@H]1CC[C@@H](C)[C@H]1C.Cc1nnn(C)c1C. The number of Topliss-reactive ketones (excluding diaryl/α,β-unsaturated/α-hetero) is 1. The summed E-state index contributed by atoms with van der Waals surface area (Å²) in [5.74, 6) is 5.91. The van der Waals surface area contributed by atoms with Crippen molar-refractivity contribution >= 4 is 11.8 Å². The lowest BCUT2D eigenvalue weighted by Gasteiger charge is -2.28. The second kappa shape index (κ2) is 21.0. The zero-order chi connectivity index (χ0) is 36.3. The second-order valence-corrected chi connectivity index (χ2v) is 15.8. The quantitative estimate of drug-likeness (QED) is 0.221. The Morgan fingerprint density at radius 2 is 1.24 bits per heavy atom. The van der Waals surface area contributed by atoms with E-state index in [1.54, 1.807) is 4.68 Å². The van der Waals surface area contributed by atoms with Crippen molar-refractivity contribution in [2.75, 3.05) is 7.11 Å². The summed E-state index contributed by atoms with van der Waals surface area (Å²) in [5.41, 5.74) is 10.3. The number of ether oxygens (including phenoxy) is 1. The number of benzene rings is 1. The van der Waals surface area contributed by atoms with Crippen molar-refractivity contribution in [2.45, 2.75) is 161 Å². The van der Waals surface area contributed by atoms with Crippen LogP contribution >= 0.6 is 0 Å². The zero-order valence-corrected chi connectivity index (χ0v) is 33.4. The molecule has 2 fully saturated rings. The Balaban J connectivity index is 0.000000571. The Morgan fingerprint density at radius 3 is 1.63 bits per heavy atom.